The van der Waals surface area contributed by atoms with Crippen LogP contribution in [-0.4, -0.2) is 43.1 Å². The second-order valence-electron chi connectivity index (χ2n) is 4.39. The van der Waals surface area contributed by atoms with E-state index >= 15 is 0 Å². The number of ether oxygens (including phenoxy) is 1. The molecule has 0 aliphatic carbocycles. The Labute approximate surface area is 96.1 Å². The molecule has 0 unspecified atom stereocenters. The topological polar surface area (TPSA) is 58.6 Å². The summed E-state index contributed by atoms with van der Waals surface area (Å²) in [5.74, 6) is 0.128. The maximum atomic E-state index is 11.7. The highest BCUT2D eigenvalue weighted by Crippen LogP contribution is 2.17. The number of rotatable bonds is 2. The van der Waals surface area contributed by atoms with Gasteiger partial charge in [0.15, 0.2) is 0 Å². The van der Waals surface area contributed by atoms with Gasteiger partial charge >= 0.3 is 6.09 Å². The fourth-order valence-electron chi connectivity index (χ4n) is 1.86. The molecule has 0 atom stereocenters. The van der Waals surface area contributed by atoms with Crippen molar-refractivity contribution in [1.82, 2.24) is 10.2 Å². The summed E-state index contributed by atoms with van der Waals surface area (Å²) < 4.78 is 4.64. The molecule has 1 saturated heterocycles. The minimum atomic E-state index is -0.303. The fourth-order valence-corrected chi connectivity index (χ4v) is 1.86. The van der Waals surface area contributed by atoms with Crippen molar-refractivity contribution in [3.8, 4) is 0 Å². The third kappa shape index (κ3) is 3.40. The van der Waals surface area contributed by atoms with E-state index in [2.05, 4.69) is 10.1 Å². The van der Waals surface area contributed by atoms with Crippen molar-refractivity contribution >= 4 is 12.0 Å². The van der Waals surface area contributed by atoms with Gasteiger partial charge in [0.1, 0.15) is 0 Å². The molecule has 0 bridgehead atoms. The van der Waals surface area contributed by atoms with Crippen LogP contribution >= 0.6 is 0 Å². The zero-order valence-electron chi connectivity index (χ0n) is 10.2. The van der Waals surface area contributed by atoms with E-state index in [-0.39, 0.29) is 24.0 Å². The molecule has 0 aromatic carbocycles. The van der Waals surface area contributed by atoms with E-state index in [0.29, 0.717) is 25.9 Å². The summed E-state index contributed by atoms with van der Waals surface area (Å²) in [5, 5.41) is 2.90. The Morgan fingerprint density at radius 3 is 2.31 bits per heavy atom. The smallest absolute Gasteiger partial charge is 0.409 e. The Morgan fingerprint density at radius 2 is 1.88 bits per heavy atom. The summed E-state index contributed by atoms with van der Waals surface area (Å²) in [5.41, 5.74) is 0. The molecule has 5 heteroatoms. The van der Waals surface area contributed by atoms with Crippen LogP contribution in [0.1, 0.15) is 26.7 Å². The van der Waals surface area contributed by atoms with Crippen LogP contribution in [0.3, 0.4) is 0 Å². The molecule has 1 aliphatic heterocycles. The van der Waals surface area contributed by atoms with Crippen molar-refractivity contribution in [2.75, 3.05) is 20.2 Å². The Hall–Kier alpha value is -1.26. The first-order valence-corrected chi connectivity index (χ1v) is 5.68. The van der Waals surface area contributed by atoms with Gasteiger partial charge in [0.2, 0.25) is 5.91 Å². The number of carbonyl (C=O) groups excluding carboxylic acids is 2. The van der Waals surface area contributed by atoms with Gasteiger partial charge in [-0.2, -0.15) is 0 Å². The van der Waals surface area contributed by atoms with Gasteiger partial charge in [-0.3, -0.25) is 4.79 Å². The second kappa shape index (κ2) is 5.72. The van der Waals surface area contributed by atoms with E-state index in [1.165, 1.54) is 7.11 Å². The van der Waals surface area contributed by atoms with E-state index in [1.54, 1.807) is 4.90 Å². The van der Waals surface area contributed by atoms with Crippen LogP contribution in [0, 0.1) is 5.92 Å². The van der Waals surface area contributed by atoms with E-state index < -0.39 is 0 Å². The standard InChI is InChI=1S/C11H20N2O3/c1-8(2)12-10(14)9-4-6-13(7-5-9)11(15)16-3/h8-9H,4-7H2,1-3H3,(H,12,14). The zero-order valence-corrected chi connectivity index (χ0v) is 10.2. The lowest BCUT2D eigenvalue weighted by Gasteiger charge is -2.30. The van der Waals surface area contributed by atoms with Crippen molar-refractivity contribution in [3.63, 3.8) is 0 Å². The Bertz CT molecular complexity index is 258. The molecule has 1 fully saturated rings. The first-order chi connectivity index (χ1) is 7.54. The summed E-state index contributed by atoms with van der Waals surface area (Å²) in [6.07, 6.45) is 1.13. The monoisotopic (exact) mass is 228 g/mol. The highest BCUT2D eigenvalue weighted by atomic mass is 16.5. The minimum Gasteiger partial charge on any atom is -0.453 e. The molecule has 5 nitrogen and oxygen atoms in total. The van der Waals surface area contributed by atoms with Crippen LogP contribution in [0.4, 0.5) is 4.79 Å². The number of likely N-dealkylation sites (tertiary alicyclic amines) is 1. The third-order valence-corrected chi connectivity index (χ3v) is 2.73. The average molecular weight is 228 g/mol. The molecule has 92 valence electrons. The van der Waals surface area contributed by atoms with Crippen LogP contribution < -0.4 is 5.32 Å². The Morgan fingerprint density at radius 1 is 1.31 bits per heavy atom. The lowest BCUT2D eigenvalue weighted by Crippen LogP contribution is -2.44. The molecule has 1 rings (SSSR count). The zero-order chi connectivity index (χ0) is 12.1. The number of hydrogen-bond donors (Lipinski definition) is 1. The summed E-state index contributed by atoms with van der Waals surface area (Å²) in [7, 11) is 1.37. The summed E-state index contributed by atoms with van der Waals surface area (Å²) in [6, 6.07) is 0.172. The van der Waals surface area contributed by atoms with Gasteiger partial charge in [0, 0.05) is 25.0 Å². The van der Waals surface area contributed by atoms with Crippen LogP contribution in [0.2, 0.25) is 0 Å². The molecular weight excluding hydrogens is 208 g/mol. The quantitative estimate of drug-likeness (QED) is 0.766. The number of piperidine rings is 1. The van der Waals surface area contributed by atoms with Gasteiger partial charge in [-0.15, -0.1) is 0 Å². The van der Waals surface area contributed by atoms with Crippen molar-refractivity contribution in [2.45, 2.75) is 32.7 Å². The van der Waals surface area contributed by atoms with Gasteiger partial charge in [0.05, 0.1) is 7.11 Å². The van der Waals surface area contributed by atoms with Crippen molar-refractivity contribution in [3.05, 3.63) is 0 Å². The maximum Gasteiger partial charge on any atom is 0.409 e. The van der Waals surface area contributed by atoms with E-state index in [0.717, 1.165) is 0 Å². The summed E-state index contributed by atoms with van der Waals surface area (Å²) in [4.78, 5) is 24.6. The molecule has 0 aromatic heterocycles. The molecule has 0 saturated carbocycles. The number of carbonyl (C=O) groups is 2. The highest BCUT2D eigenvalue weighted by Gasteiger charge is 2.27. The molecule has 16 heavy (non-hydrogen) atoms. The van der Waals surface area contributed by atoms with Crippen molar-refractivity contribution in [2.24, 2.45) is 5.92 Å². The molecule has 1 aliphatic rings. The van der Waals surface area contributed by atoms with E-state index in [1.807, 2.05) is 13.8 Å². The summed E-state index contributed by atoms with van der Waals surface area (Å²) in [6.45, 7) is 5.09. The van der Waals surface area contributed by atoms with Gasteiger partial charge in [-0.05, 0) is 26.7 Å². The Kier molecular flexibility index (Phi) is 4.58. The van der Waals surface area contributed by atoms with Crippen LogP contribution in [0.15, 0.2) is 0 Å². The summed E-state index contributed by atoms with van der Waals surface area (Å²) >= 11 is 0. The predicted molar refractivity (Wildman–Crippen MR) is 60.0 cm³/mol. The predicted octanol–water partition coefficient (Wildman–Crippen LogP) is 0.989. The van der Waals surface area contributed by atoms with Gasteiger partial charge in [-0.25, -0.2) is 4.79 Å². The van der Waals surface area contributed by atoms with E-state index in [9.17, 15) is 9.59 Å². The van der Waals surface area contributed by atoms with E-state index in [4.69, 9.17) is 0 Å². The first kappa shape index (κ1) is 12.8. The molecule has 2 amide bonds. The SMILES string of the molecule is COC(=O)N1CCC(C(=O)NC(C)C)CC1. The number of hydrogen-bond acceptors (Lipinski definition) is 3. The third-order valence-electron chi connectivity index (χ3n) is 2.73. The average Bonchev–Trinajstić information content (AvgIpc) is 2.27. The Balaban J connectivity index is 2.37. The maximum absolute atomic E-state index is 11.7. The number of nitrogens with zero attached hydrogens (tertiary/aromatic N) is 1. The lowest BCUT2D eigenvalue weighted by atomic mass is 9.96. The first-order valence-electron chi connectivity index (χ1n) is 5.68. The lowest BCUT2D eigenvalue weighted by molar-refractivity contribution is -0.126. The molecule has 1 heterocycles. The number of amides is 2. The van der Waals surface area contributed by atoms with Crippen molar-refractivity contribution in [1.29, 1.82) is 0 Å². The van der Waals surface area contributed by atoms with Crippen LogP contribution in [-0.2, 0) is 9.53 Å². The second-order valence-corrected chi connectivity index (χ2v) is 4.39. The van der Waals surface area contributed by atoms with Gasteiger partial charge in [0.25, 0.3) is 0 Å². The van der Waals surface area contributed by atoms with Crippen molar-refractivity contribution < 1.29 is 14.3 Å². The minimum absolute atomic E-state index is 0.0308. The fraction of sp³-hybridized carbons (Fsp3) is 0.818. The van der Waals surface area contributed by atoms with Crippen LogP contribution in [0.25, 0.3) is 0 Å². The van der Waals surface area contributed by atoms with Gasteiger partial charge in [-0.1, -0.05) is 0 Å². The molecule has 0 radical (unpaired) electrons. The molecule has 0 spiro atoms. The highest BCUT2D eigenvalue weighted by molar-refractivity contribution is 5.79. The molecule has 1 N–H and O–H groups in total. The number of nitrogens with one attached hydrogen (secondary N) is 1. The largest absolute Gasteiger partial charge is 0.453 e. The normalized spacial score (nSPS) is 17.4. The molecule has 0 aromatic rings. The van der Waals surface area contributed by atoms with Crippen LogP contribution in [0.5, 0.6) is 0 Å². The molecular formula is C11H20N2O3. The number of methoxy groups -OCH3 is 1. The van der Waals surface area contributed by atoms with Gasteiger partial charge < -0.3 is 15.0 Å².